The molecule has 1 unspecified atom stereocenters. The van der Waals surface area contributed by atoms with Gasteiger partial charge >= 0.3 is 0 Å². The molecule has 0 saturated carbocycles. The molecule has 1 aromatic rings. The van der Waals surface area contributed by atoms with E-state index in [4.69, 9.17) is 9.98 Å². The predicted octanol–water partition coefficient (Wildman–Crippen LogP) is 6.49. The smallest absolute Gasteiger partial charge is 0.0775 e. The highest BCUT2D eigenvalue weighted by atomic mass is 14.9. The second-order valence-corrected chi connectivity index (χ2v) is 8.48. The normalized spacial score (nSPS) is 23.8. The molecule has 0 aromatic heterocycles. The van der Waals surface area contributed by atoms with Crippen LogP contribution in [-0.2, 0) is 0 Å². The standard InChI is InChI=1S/C24H30N2/c1-17(2)13-19-16-24(5,15-18(3)4)26-23-12-11-21(14-22(19)23)25-20-9-7-6-8-10-20/h6-12,14,16-18H,13,15H2,1-5H3. The minimum atomic E-state index is -0.108. The maximum absolute atomic E-state index is 5.11. The summed E-state index contributed by atoms with van der Waals surface area (Å²) in [6.45, 7) is 11.4. The summed E-state index contributed by atoms with van der Waals surface area (Å²) in [5, 5.41) is 0. The van der Waals surface area contributed by atoms with Gasteiger partial charge in [-0.2, -0.15) is 0 Å². The van der Waals surface area contributed by atoms with Gasteiger partial charge in [-0.25, -0.2) is 4.99 Å². The molecule has 136 valence electrons. The molecule has 1 aromatic carbocycles. The van der Waals surface area contributed by atoms with E-state index in [0.29, 0.717) is 11.8 Å². The van der Waals surface area contributed by atoms with Gasteiger partial charge in [0.2, 0.25) is 0 Å². The molecule has 2 heteroatoms. The zero-order chi connectivity index (χ0) is 18.7. The van der Waals surface area contributed by atoms with Crippen LogP contribution in [0.5, 0.6) is 0 Å². The Morgan fingerprint density at radius 2 is 1.73 bits per heavy atom. The van der Waals surface area contributed by atoms with Gasteiger partial charge in [-0.3, -0.25) is 4.99 Å². The lowest BCUT2D eigenvalue weighted by atomic mass is 9.80. The number of aliphatic imine (C=N–C) groups is 2. The third-order valence-corrected chi connectivity index (χ3v) is 4.65. The second kappa shape index (κ2) is 7.57. The number of allylic oxidation sites excluding steroid dienone is 5. The van der Waals surface area contributed by atoms with E-state index in [0.717, 1.165) is 30.0 Å². The summed E-state index contributed by atoms with van der Waals surface area (Å²) in [5.74, 6) is 1.24. The van der Waals surface area contributed by atoms with E-state index in [9.17, 15) is 0 Å². The van der Waals surface area contributed by atoms with Crippen molar-refractivity contribution in [2.75, 3.05) is 0 Å². The molecule has 0 saturated heterocycles. The van der Waals surface area contributed by atoms with Gasteiger partial charge in [0.1, 0.15) is 0 Å². The van der Waals surface area contributed by atoms with Crippen molar-refractivity contribution in [2.45, 2.75) is 53.0 Å². The number of dihydropyridines is 1. The number of fused-ring (bicyclic) bond motifs is 1. The van der Waals surface area contributed by atoms with Gasteiger partial charge < -0.3 is 0 Å². The van der Waals surface area contributed by atoms with Crippen LogP contribution in [0, 0.1) is 11.8 Å². The van der Waals surface area contributed by atoms with Gasteiger partial charge in [-0.05, 0) is 67.5 Å². The predicted molar refractivity (Wildman–Crippen MR) is 114 cm³/mol. The SMILES string of the molecule is CC(C)CC1=CC(C)(CC(C)C)N=C2C=CC(=Nc3ccccc3)C=C12. The Morgan fingerprint density at radius 3 is 2.38 bits per heavy atom. The number of rotatable bonds is 5. The Bertz CT molecular complexity index is 804. The van der Waals surface area contributed by atoms with Crippen LogP contribution in [0.15, 0.2) is 75.8 Å². The third-order valence-electron chi connectivity index (χ3n) is 4.65. The van der Waals surface area contributed by atoms with Crippen molar-refractivity contribution >= 4 is 17.1 Å². The molecular weight excluding hydrogens is 316 g/mol. The Hall–Kier alpha value is -2.22. The quantitative estimate of drug-likeness (QED) is 0.545. The van der Waals surface area contributed by atoms with Crippen molar-refractivity contribution in [1.82, 2.24) is 0 Å². The first kappa shape index (κ1) is 18.6. The van der Waals surface area contributed by atoms with Gasteiger partial charge in [0.05, 0.1) is 22.6 Å². The van der Waals surface area contributed by atoms with Crippen molar-refractivity contribution < 1.29 is 0 Å². The van der Waals surface area contributed by atoms with E-state index >= 15 is 0 Å². The van der Waals surface area contributed by atoms with Gasteiger partial charge in [0.15, 0.2) is 0 Å². The molecule has 1 aliphatic heterocycles. The van der Waals surface area contributed by atoms with Crippen molar-refractivity contribution in [3.8, 4) is 0 Å². The summed E-state index contributed by atoms with van der Waals surface area (Å²) < 4.78 is 0. The lowest BCUT2D eigenvalue weighted by Crippen LogP contribution is -2.30. The third kappa shape index (κ3) is 4.49. The zero-order valence-electron chi connectivity index (χ0n) is 16.7. The summed E-state index contributed by atoms with van der Waals surface area (Å²) in [6.07, 6.45) is 11.0. The molecule has 0 spiro atoms. The Morgan fingerprint density at radius 1 is 1.00 bits per heavy atom. The lowest BCUT2D eigenvalue weighted by Gasteiger charge is -2.33. The molecule has 1 heterocycles. The number of benzene rings is 1. The number of hydrogen-bond donors (Lipinski definition) is 0. The fourth-order valence-electron chi connectivity index (χ4n) is 3.90. The molecule has 1 atom stereocenters. The number of hydrogen-bond acceptors (Lipinski definition) is 2. The molecular formula is C24H30N2. The minimum Gasteiger partial charge on any atom is -0.274 e. The molecule has 26 heavy (non-hydrogen) atoms. The van der Waals surface area contributed by atoms with Crippen LogP contribution in [0.25, 0.3) is 0 Å². The van der Waals surface area contributed by atoms with Gasteiger partial charge in [0, 0.05) is 5.57 Å². The summed E-state index contributed by atoms with van der Waals surface area (Å²) in [5.41, 5.74) is 5.64. The molecule has 1 aliphatic carbocycles. The second-order valence-electron chi connectivity index (χ2n) is 8.48. The van der Waals surface area contributed by atoms with Crippen molar-refractivity contribution in [2.24, 2.45) is 21.8 Å². The summed E-state index contributed by atoms with van der Waals surface area (Å²) in [6, 6.07) is 10.1. The van der Waals surface area contributed by atoms with E-state index in [1.807, 2.05) is 30.3 Å². The van der Waals surface area contributed by atoms with Crippen LogP contribution < -0.4 is 0 Å². The molecule has 0 N–H and O–H groups in total. The first-order valence-electron chi connectivity index (χ1n) is 9.70. The molecule has 0 fully saturated rings. The van der Waals surface area contributed by atoms with Crippen LogP contribution in [0.1, 0.15) is 47.5 Å². The van der Waals surface area contributed by atoms with Gasteiger partial charge in [-0.15, -0.1) is 0 Å². The Labute approximate surface area is 158 Å². The Kier molecular flexibility index (Phi) is 5.41. The average molecular weight is 347 g/mol. The Balaban J connectivity index is 1.99. The average Bonchev–Trinajstić information content (AvgIpc) is 2.55. The molecule has 0 amide bonds. The highest BCUT2D eigenvalue weighted by Gasteiger charge is 2.30. The largest absolute Gasteiger partial charge is 0.274 e. The van der Waals surface area contributed by atoms with E-state index in [1.54, 1.807) is 0 Å². The zero-order valence-corrected chi connectivity index (χ0v) is 16.7. The van der Waals surface area contributed by atoms with E-state index in [-0.39, 0.29) is 5.54 Å². The highest BCUT2D eigenvalue weighted by Crippen LogP contribution is 2.36. The van der Waals surface area contributed by atoms with E-state index < -0.39 is 0 Å². The summed E-state index contributed by atoms with van der Waals surface area (Å²) >= 11 is 0. The molecule has 0 bridgehead atoms. The van der Waals surface area contributed by atoms with Crippen LogP contribution >= 0.6 is 0 Å². The van der Waals surface area contributed by atoms with Gasteiger partial charge in [-0.1, -0.05) is 52.0 Å². The maximum atomic E-state index is 5.11. The van der Waals surface area contributed by atoms with Gasteiger partial charge in [0.25, 0.3) is 0 Å². The fourth-order valence-corrected chi connectivity index (χ4v) is 3.90. The monoisotopic (exact) mass is 346 g/mol. The maximum Gasteiger partial charge on any atom is 0.0775 e. The number of para-hydroxylation sites is 1. The molecule has 3 rings (SSSR count). The molecule has 2 aliphatic rings. The van der Waals surface area contributed by atoms with Crippen molar-refractivity contribution in [3.63, 3.8) is 0 Å². The molecule has 0 radical (unpaired) electrons. The first-order chi connectivity index (χ1) is 12.3. The fraction of sp³-hybridized carbons (Fsp3) is 0.417. The van der Waals surface area contributed by atoms with E-state index in [2.05, 4.69) is 58.9 Å². The minimum absolute atomic E-state index is 0.108. The summed E-state index contributed by atoms with van der Waals surface area (Å²) in [4.78, 5) is 9.88. The number of nitrogens with zero attached hydrogens (tertiary/aromatic N) is 2. The first-order valence-corrected chi connectivity index (χ1v) is 9.70. The van der Waals surface area contributed by atoms with Crippen LogP contribution in [0.3, 0.4) is 0 Å². The molecule has 2 nitrogen and oxygen atoms in total. The van der Waals surface area contributed by atoms with Crippen molar-refractivity contribution in [3.05, 3.63) is 65.8 Å². The lowest BCUT2D eigenvalue weighted by molar-refractivity contribution is 0.436. The highest BCUT2D eigenvalue weighted by molar-refractivity contribution is 6.24. The topological polar surface area (TPSA) is 24.7 Å². The van der Waals surface area contributed by atoms with Crippen molar-refractivity contribution in [1.29, 1.82) is 0 Å². The van der Waals surface area contributed by atoms with Crippen LogP contribution in [0.2, 0.25) is 0 Å². The van der Waals surface area contributed by atoms with Crippen LogP contribution in [0.4, 0.5) is 5.69 Å². The summed E-state index contributed by atoms with van der Waals surface area (Å²) in [7, 11) is 0. The van der Waals surface area contributed by atoms with Crippen LogP contribution in [-0.4, -0.2) is 17.0 Å². The van der Waals surface area contributed by atoms with E-state index in [1.165, 1.54) is 11.1 Å².